The van der Waals surface area contributed by atoms with Gasteiger partial charge >= 0.3 is 6.18 Å². The summed E-state index contributed by atoms with van der Waals surface area (Å²) in [6.45, 7) is -3.47. The van der Waals surface area contributed by atoms with E-state index >= 15 is 0 Å². The number of aliphatic hydroxyl groups excluding tert-OH is 1. The first-order valence-corrected chi connectivity index (χ1v) is 7.87. The van der Waals surface area contributed by atoms with Crippen molar-refractivity contribution in [3.8, 4) is 0 Å². The number of sulfonamides is 1. The average Bonchev–Trinajstić information content (AvgIpc) is 1.95. The van der Waals surface area contributed by atoms with E-state index in [0.29, 0.717) is 6.26 Å². The van der Waals surface area contributed by atoms with Crippen molar-refractivity contribution in [2.24, 2.45) is 0 Å². The Hall–Kier alpha value is -0.390. The molecule has 0 radical (unpaired) electrons. The monoisotopic (exact) mass is 299 g/mol. The molecular formula is C6H12F3NO5S2. The van der Waals surface area contributed by atoms with Crippen LogP contribution in [0.25, 0.3) is 0 Å². The second kappa shape index (κ2) is 5.50. The molecule has 1 N–H and O–H groups in total. The minimum atomic E-state index is -4.81. The highest BCUT2D eigenvalue weighted by Crippen LogP contribution is 2.19. The molecule has 0 unspecified atom stereocenters. The topological polar surface area (TPSA) is 91.8 Å². The lowest BCUT2D eigenvalue weighted by atomic mass is 10.6. The molecular weight excluding hydrogens is 287 g/mol. The van der Waals surface area contributed by atoms with Gasteiger partial charge in [-0.15, -0.1) is 0 Å². The molecule has 0 aromatic carbocycles. The van der Waals surface area contributed by atoms with Crippen molar-refractivity contribution < 1.29 is 35.1 Å². The van der Waals surface area contributed by atoms with Gasteiger partial charge in [-0.2, -0.15) is 17.5 Å². The van der Waals surface area contributed by atoms with E-state index < -0.39 is 50.8 Å². The summed E-state index contributed by atoms with van der Waals surface area (Å²) in [7, 11) is -8.59. The number of rotatable bonds is 6. The van der Waals surface area contributed by atoms with Gasteiger partial charge in [0.2, 0.25) is 10.0 Å². The van der Waals surface area contributed by atoms with Crippen molar-refractivity contribution in [2.45, 2.75) is 6.18 Å². The van der Waals surface area contributed by atoms with Crippen LogP contribution in [0.15, 0.2) is 0 Å². The van der Waals surface area contributed by atoms with E-state index in [1.54, 1.807) is 0 Å². The number of hydrogen-bond acceptors (Lipinski definition) is 5. The van der Waals surface area contributed by atoms with Crippen molar-refractivity contribution in [2.75, 3.05) is 31.0 Å². The molecule has 0 heterocycles. The maximum absolute atomic E-state index is 12.1. The number of nitrogens with zero attached hydrogens (tertiary/aromatic N) is 1. The van der Waals surface area contributed by atoms with Gasteiger partial charge in [-0.25, -0.2) is 16.8 Å². The van der Waals surface area contributed by atoms with Gasteiger partial charge in [-0.1, -0.05) is 0 Å². The zero-order valence-corrected chi connectivity index (χ0v) is 10.4. The quantitative estimate of drug-likeness (QED) is 0.691. The van der Waals surface area contributed by atoms with E-state index in [0.717, 1.165) is 0 Å². The highest BCUT2D eigenvalue weighted by molar-refractivity contribution is 8.06. The van der Waals surface area contributed by atoms with E-state index in [1.807, 2.05) is 0 Å². The SMILES string of the molecule is CS(=O)(=O)CS(=O)(=O)N(CCO)CC(F)(F)F. The number of alkyl halides is 3. The molecule has 0 aliphatic rings. The normalized spacial score (nSPS) is 14.2. The molecule has 0 aromatic heterocycles. The number of hydrogen-bond donors (Lipinski definition) is 1. The molecule has 0 rings (SSSR count). The van der Waals surface area contributed by atoms with Crippen molar-refractivity contribution in [1.82, 2.24) is 4.31 Å². The predicted octanol–water partition coefficient (Wildman–Crippen LogP) is -0.825. The largest absolute Gasteiger partial charge is 0.402 e. The van der Waals surface area contributed by atoms with Crippen LogP contribution in [0.3, 0.4) is 0 Å². The fourth-order valence-corrected chi connectivity index (χ4v) is 4.44. The fourth-order valence-electron chi connectivity index (χ4n) is 0.973. The first-order chi connectivity index (χ1) is 7.37. The average molecular weight is 299 g/mol. The second-order valence-electron chi connectivity index (χ2n) is 3.33. The molecule has 17 heavy (non-hydrogen) atoms. The van der Waals surface area contributed by atoms with Gasteiger partial charge in [0.05, 0.1) is 6.61 Å². The number of sulfone groups is 1. The van der Waals surface area contributed by atoms with Gasteiger partial charge in [0.15, 0.2) is 14.9 Å². The molecule has 0 bridgehead atoms. The molecule has 0 aliphatic heterocycles. The first kappa shape index (κ1) is 16.6. The van der Waals surface area contributed by atoms with Crippen LogP contribution in [0.4, 0.5) is 13.2 Å². The summed E-state index contributed by atoms with van der Waals surface area (Å²) in [5, 5.41) is 7.05. The van der Waals surface area contributed by atoms with Gasteiger partial charge in [-0.05, 0) is 0 Å². The van der Waals surface area contributed by atoms with Gasteiger partial charge in [-0.3, -0.25) is 0 Å². The summed E-state index contributed by atoms with van der Waals surface area (Å²) >= 11 is 0. The van der Waals surface area contributed by atoms with E-state index in [4.69, 9.17) is 5.11 Å². The van der Waals surface area contributed by atoms with Crippen LogP contribution >= 0.6 is 0 Å². The Morgan fingerprint density at radius 1 is 1.18 bits per heavy atom. The van der Waals surface area contributed by atoms with Gasteiger partial charge in [0.25, 0.3) is 0 Å². The Kier molecular flexibility index (Phi) is 5.38. The third kappa shape index (κ3) is 7.52. The van der Waals surface area contributed by atoms with Gasteiger partial charge < -0.3 is 5.11 Å². The lowest BCUT2D eigenvalue weighted by Gasteiger charge is -2.21. The third-order valence-electron chi connectivity index (χ3n) is 1.46. The molecule has 0 saturated carbocycles. The van der Waals surface area contributed by atoms with Crippen molar-refractivity contribution in [3.05, 3.63) is 0 Å². The Bertz CT molecular complexity index is 441. The molecule has 6 nitrogen and oxygen atoms in total. The van der Waals surface area contributed by atoms with Crippen LogP contribution in [0.1, 0.15) is 0 Å². The first-order valence-electron chi connectivity index (χ1n) is 4.20. The molecule has 0 fully saturated rings. The summed E-state index contributed by atoms with van der Waals surface area (Å²) in [6.07, 6.45) is -4.21. The molecule has 0 amide bonds. The van der Waals surface area contributed by atoms with E-state index in [9.17, 15) is 30.0 Å². The van der Waals surface area contributed by atoms with Crippen LogP contribution in [0, 0.1) is 0 Å². The molecule has 0 spiro atoms. The minimum absolute atomic E-state index is 0.103. The Morgan fingerprint density at radius 3 is 1.94 bits per heavy atom. The Balaban J connectivity index is 5.06. The number of aliphatic hydroxyl groups is 1. The molecule has 0 atom stereocenters. The summed E-state index contributed by atoms with van der Waals surface area (Å²) < 4.78 is 80.3. The van der Waals surface area contributed by atoms with Crippen molar-refractivity contribution in [3.63, 3.8) is 0 Å². The maximum Gasteiger partial charge on any atom is 0.402 e. The van der Waals surface area contributed by atoms with E-state index in [1.165, 1.54) is 0 Å². The molecule has 0 aromatic rings. The van der Waals surface area contributed by atoms with E-state index in [2.05, 4.69) is 0 Å². The summed E-state index contributed by atoms with van der Waals surface area (Å²) in [5.74, 6) is 0. The predicted molar refractivity (Wildman–Crippen MR) is 53.3 cm³/mol. The summed E-state index contributed by atoms with van der Waals surface area (Å²) in [4.78, 5) is 0. The minimum Gasteiger partial charge on any atom is -0.395 e. The number of halogens is 3. The highest BCUT2D eigenvalue weighted by atomic mass is 32.3. The lowest BCUT2D eigenvalue weighted by molar-refractivity contribution is -0.136. The highest BCUT2D eigenvalue weighted by Gasteiger charge is 2.37. The van der Waals surface area contributed by atoms with Crippen LogP contribution in [-0.4, -0.2) is 63.5 Å². The van der Waals surface area contributed by atoms with Gasteiger partial charge in [0, 0.05) is 12.8 Å². The summed E-state index contributed by atoms with van der Waals surface area (Å²) in [6, 6.07) is 0. The second-order valence-corrected chi connectivity index (χ2v) is 7.80. The zero-order chi connectivity index (χ0) is 13.9. The van der Waals surface area contributed by atoms with E-state index in [-0.39, 0.29) is 4.31 Å². The third-order valence-corrected chi connectivity index (χ3v) is 5.46. The zero-order valence-electron chi connectivity index (χ0n) is 8.81. The molecule has 11 heteroatoms. The summed E-state index contributed by atoms with van der Waals surface area (Å²) in [5.41, 5.74) is 0. The van der Waals surface area contributed by atoms with Crippen molar-refractivity contribution in [1.29, 1.82) is 0 Å². The fraction of sp³-hybridized carbons (Fsp3) is 1.00. The van der Waals surface area contributed by atoms with Gasteiger partial charge in [0.1, 0.15) is 6.54 Å². The standard InChI is InChI=1S/C6H12F3NO5S2/c1-16(12,13)5-17(14,15)10(2-3-11)4-6(7,8)9/h11H,2-5H2,1H3. The smallest absolute Gasteiger partial charge is 0.395 e. The van der Waals surface area contributed by atoms with Crippen LogP contribution < -0.4 is 0 Å². The maximum atomic E-state index is 12.1. The van der Waals surface area contributed by atoms with Crippen molar-refractivity contribution >= 4 is 19.9 Å². The van der Waals surface area contributed by atoms with Crippen LogP contribution in [0.5, 0.6) is 0 Å². The lowest BCUT2D eigenvalue weighted by Crippen LogP contribution is -2.42. The molecule has 104 valence electrons. The Morgan fingerprint density at radius 2 is 1.65 bits per heavy atom. The van der Waals surface area contributed by atoms with Crippen LogP contribution in [0.2, 0.25) is 0 Å². The van der Waals surface area contributed by atoms with Crippen LogP contribution in [-0.2, 0) is 19.9 Å². The molecule has 0 saturated heterocycles. The molecule has 0 aliphatic carbocycles. The Labute approximate surface area is 97.0 Å².